The van der Waals surface area contributed by atoms with Gasteiger partial charge in [-0.3, -0.25) is 9.78 Å². The van der Waals surface area contributed by atoms with E-state index in [-0.39, 0.29) is 5.78 Å². The third kappa shape index (κ3) is 2.28. The number of ketones is 1. The van der Waals surface area contributed by atoms with Gasteiger partial charge >= 0.3 is 0 Å². The molecular formula is C13H10ClNO. The summed E-state index contributed by atoms with van der Waals surface area (Å²) in [5.74, 6) is -0.109. The maximum atomic E-state index is 12.0. The molecule has 3 heteroatoms. The summed E-state index contributed by atoms with van der Waals surface area (Å²) in [4.78, 5) is 16.1. The molecule has 0 saturated heterocycles. The van der Waals surface area contributed by atoms with E-state index in [0.717, 1.165) is 5.56 Å². The van der Waals surface area contributed by atoms with Crippen molar-refractivity contribution in [1.29, 1.82) is 0 Å². The fraction of sp³-hybridized carbons (Fsp3) is 0.0769. The molecule has 1 aromatic heterocycles. The Morgan fingerprint density at radius 2 is 2.06 bits per heavy atom. The molecule has 2 aromatic rings. The van der Waals surface area contributed by atoms with Crippen LogP contribution >= 0.6 is 11.6 Å². The van der Waals surface area contributed by atoms with Gasteiger partial charge in [-0.15, -0.1) is 0 Å². The number of halogens is 1. The van der Waals surface area contributed by atoms with E-state index in [0.29, 0.717) is 16.3 Å². The smallest absolute Gasteiger partial charge is 0.211 e. The van der Waals surface area contributed by atoms with Crippen LogP contribution in [0.15, 0.2) is 42.6 Å². The summed E-state index contributed by atoms with van der Waals surface area (Å²) in [6.07, 6.45) is 1.68. The van der Waals surface area contributed by atoms with Crippen LogP contribution in [0.1, 0.15) is 21.6 Å². The van der Waals surface area contributed by atoms with Crippen molar-refractivity contribution in [3.8, 4) is 0 Å². The molecule has 1 heterocycles. The highest BCUT2D eigenvalue weighted by Gasteiger charge is 2.09. The molecule has 0 radical (unpaired) electrons. The van der Waals surface area contributed by atoms with Crippen LogP contribution in [-0.4, -0.2) is 10.8 Å². The molecule has 0 N–H and O–H groups in total. The van der Waals surface area contributed by atoms with Gasteiger partial charge in [0.15, 0.2) is 0 Å². The lowest BCUT2D eigenvalue weighted by molar-refractivity contribution is 0.103. The summed E-state index contributed by atoms with van der Waals surface area (Å²) < 4.78 is 0. The number of benzene rings is 1. The van der Waals surface area contributed by atoms with Crippen LogP contribution in [0.2, 0.25) is 5.02 Å². The standard InChI is InChI=1S/C13H10ClNO/c1-9-5-6-12(15-8-9)13(16)10-3-2-4-11(14)7-10/h2-8H,1H3. The van der Waals surface area contributed by atoms with Gasteiger partial charge in [0.25, 0.3) is 0 Å². The van der Waals surface area contributed by atoms with Gasteiger partial charge in [0, 0.05) is 16.8 Å². The molecule has 16 heavy (non-hydrogen) atoms. The van der Waals surface area contributed by atoms with E-state index in [1.807, 2.05) is 13.0 Å². The first kappa shape index (κ1) is 10.8. The van der Waals surface area contributed by atoms with Crippen molar-refractivity contribution >= 4 is 17.4 Å². The van der Waals surface area contributed by atoms with Crippen LogP contribution in [0, 0.1) is 6.92 Å². The lowest BCUT2D eigenvalue weighted by Gasteiger charge is -2.01. The fourth-order valence-electron chi connectivity index (χ4n) is 1.38. The molecule has 2 rings (SSSR count). The van der Waals surface area contributed by atoms with E-state index in [2.05, 4.69) is 4.98 Å². The highest BCUT2D eigenvalue weighted by Crippen LogP contribution is 2.14. The third-order valence-electron chi connectivity index (χ3n) is 2.23. The number of rotatable bonds is 2. The topological polar surface area (TPSA) is 30.0 Å². The summed E-state index contributed by atoms with van der Waals surface area (Å²) in [5.41, 5.74) is 2.03. The second-order valence-electron chi connectivity index (χ2n) is 3.56. The Kier molecular flexibility index (Phi) is 3.02. The van der Waals surface area contributed by atoms with E-state index < -0.39 is 0 Å². The number of aromatic nitrogens is 1. The Morgan fingerprint density at radius 1 is 1.25 bits per heavy atom. The minimum absolute atomic E-state index is 0.109. The molecule has 0 aliphatic rings. The van der Waals surface area contributed by atoms with Crippen LogP contribution in [0.4, 0.5) is 0 Å². The number of aryl methyl sites for hydroxylation is 1. The van der Waals surface area contributed by atoms with Gasteiger partial charge in [-0.1, -0.05) is 29.8 Å². The number of carbonyl (C=O) groups excluding carboxylic acids is 1. The molecule has 0 bridgehead atoms. The second kappa shape index (κ2) is 4.45. The zero-order valence-electron chi connectivity index (χ0n) is 8.77. The molecule has 2 nitrogen and oxygen atoms in total. The third-order valence-corrected chi connectivity index (χ3v) is 2.47. The molecule has 0 saturated carbocycles. The molecule has 0 spiro atoms. The maximum Gasteiger partial charge on any atom is 0.211 e. The molecule has 0 atom stereocenters. The van der Waals surface area contributed by atoms with Crippen molar-refractivity contribution in [2.45, 2.75) is 6.92 Å². The van der Waals surface area contributed by atoms with Crippen molar-refractivity contribution in [1.82, 2.24) is 4.98 Å². The van der Waals surface area contributed by atoms with Crippen LogP contribution in [-0.2, 0) is 0 Å². The normalized spacial score (nSPS) is 10.1. The van der Waals surface area contributed by atoms with E-state index in [1.54, 1.807) is 36.5 Å². The molecule has 0 aliphatic carbocycles. The average Bonchev–Trinajstić information content (AvgIpc) is 2.29. The lowest BCUT2D eigenvalue weighted by atomic mass is 10.1. The summed E-state index contributed by atoms with van der Waals surface area (Å²) >= 11 is 5.83. The van der Waals surface area contributed by atoms with Crippen LogP contribution < -0.4 is 0 Å². The van der Waals surface area contributed by atoms with Crippen molar-refractivity contribution in [3.05, 3.63) is 64.4 Å². The maximum absolute atomic E-state index is 12.0. The minimum atomic E-state index is -0.109. The first-order valence-electron chi connectivity index (χ1n) is 4.90. The first-order valence-corrected chi connectivity index (χ1v) is 5.27. The largest absolute Gasteiger partial charge is 0.287 e. The molecule has 1 aromatic carbocycles. The Hall–Kier alpha value is -1.67. The first-order chi connectivity index (χ1) is 7.66. The number of hydrogen-bond donors (Lipinski definition) is 0. The van der Waals surface area contributed by atoms with Gasteiger partial charge in [0.1, 0.15) is 5.69 Å². The monoisotopic (exact) mass is 231 g/mol. The zero-order chi connectivity index (χ0) is 11.5. The van der Waals surface area contributed by atoms with Crippen LogP contribution in [0.3, 0.4) is 0 Å². The quantitative estimate of drug-likeness (QED) is 0.743. The van der Waals surface area contributed by atoms with E-state index >= 15 is 0 Å². The predicted octanol–water partition coefficient (Wildman–Crippen LogP) is 3.27. The van der Waals surface area contributed by atoms with E-state index in [9.17, 15) is 4.79 Å². The van der Waals surface area contributed by atoms with Gasteiger partial charge < -0.3 is 0 Å². The summed E-state index contributed by atoms with van der Waals surface area (Å²) in [5, 5.41) is 0.554. The molecule has 0 fully saturated rings. The Bertz CT molecular complexity index is 520. The van der Waals surface area contributed by atoms with Crippen molar-refractivity contribution in [3.63, 3.8) is 0 Å². The molecule has 0 aliphatic heterocycles. The number of pyridine rings is 1. The van der Waals surface area contributed by atoms with Gasteiger partial charge in [0.05, 0.1) is 0 Å². The predicted molar refractivity (Wildman–Crippen MR) is 63.9 cm³/mol. The van der Waals surface area contributed by atoms with Gasteiger partial charge in [-0.2, -0.15) is 0 Å². The molecule has 0 unspecified atom stereocenters. The lowest BCUT2D eigenvalue weighted by Crippen LogP contribution is -2.03. The fourth-order valence-corrected chi connectivity index (χ4v) is 1.57. The molecular weight excluding hydrogens is 222 g/mol. The Morgan fingerprint density at radius 3 is 2.69 bits per heavy atom. The van der Waals surface area contributed by atoms with E-state index in [4.69, 9.17) is 11.6 Å². The second-order valence-corrected chi connectivity index (χ2v) is 4.00. The summed E-state index contributed by atoms with van der Waals surface area (Å²) in [6, 6.07) is 10.5. The SMILES string of the molecule is Cc1ccc(C(=O)c2cccc(Cl)c2)nc1. The number of nitrogens with zero attached hydrogens (tertiary/aromatic N) is 1. The summed E-state index contributed by atoms with van der Waals surface area (Å²) in [6.45, 7) is 1.93. The number of hydrogen-bond acceptors (Lipinski definition) is 2. The molecule has 0 amide bonds. The van der Waals surface area contributed by atoms with Crippen molar-refractivity contribution < 1.29 is 4.79 Å². The Labute approximate surface area is 98.9 Å². The van der Waals surface area contributed by atoms with Crippen molar-refractivity contribution in [2.75, 3.05) is 0 Å². The van der Waals surface area contributed by atoms with E-state index in [1.165, 1.54) is 0 Å². The van der Waals surface area contributed by atoms with Crippen LogP contribution in [0.5, 0.6) is 0 Å². The minimum Gasteiger partial charge on any atom is -0.287 e. The summed E-state index contributed by atoms with van der Waals surface area (Å²) in [7, 11) is 0. The average molecular weight is 232 g/mol. The highest BCUT2D eigenvalue weighted by atomic mass is 35.5. The molecule has 80 valence electrons. The number of carbonyl (C=O) groups is 1. The van der Waals surface area contributed by atoms with Crippen LogP contribution in [0.25, 0.3) is 0 Å². The van der Waals surface area contributed by atoms with Gasteiger partial charge in [-0.25, -0.2) is 0 Å². The van der Waals surface area contributed by atoms with Gasteiger partial charge in [-0.05, 0) is 30.7 Å². The highest BCUT2D eigenvalue weighted by molar-refractivity contribution is 6.31. The Balaban J connectivity index is 2.35. The van der Waals surface area contributed by atoms with Gasteiger partial charge in [0.2, 0.25) is 5.78 Å². The van der Waals surface area contributed by atoms with Crippen molar-refractivity contribution in [2.24, 2.45) is 0 Å². The zero-order valence-corrected chi connectivity index (χ0v) is 9.53.